The molecule has 11 heteroatoms. The molecule has 1 aliphatic rings. The Hall–Kier alpha value is -4.17. The Morgan fingerprint density at radius 1 is 1.14 bits per heavy atom. The maximum atomic E-state index is 13.8. The van der Waals surface area contributed by atoms with Crippen LogP contribution in [-0.2, 0) is 29.2 Å². The van der Waals surface area contributed by atoms with Crippen LogP contribution in [-0.4, -0.2) is 56.2 Å². The second-order valence-electron chi connectivity index (χ2n) is 8.80. The average molecular weight is 507 g/mol. The maximum absolute atomic E-state index is 13.8. The van der Waals surface area contributed by atoms with Crippen LogP contribution in [0.3, 0.4) is 0 Å². The summed E-state index contributed by atoms with van der Waals surface area (Å²) < 4.78 is 8.64. The van der Waals surface area contributed by atoms with E-state index in [0.29, 0.717) is 24.6 Å². The van der Waals surface area contributed by atoms with Crippen molar-refractivity contribution in [3.63, 3.8) is 0 Å². The van der Waals surface area contributed by atoms with Gasteiger partial charge >= 0.3 is 11.7 Å². The van der Waals surface area contributed by atoms with Gasteiger partial charge in [0.05, 0.1) is 19.7 Å². The Labute approximate surface area is 213 Å². The highest BCUT2D eigenvalue weighted by Crippen LogP contribution is 2.23. The Morgan fingerprint density at radius 2 is 1.89 bits per heavy atom. The van der Waals surface area contributed by atoms with Crippen LogP contribution < -0.4 is 21.9 Å². The van der Waals surface area contributed by atoms with E-state index < -0.39 is 36.1 Å². The Kier molecular flexibility index (Phi) is 7.89. The lowest BCUT2D eigenvalue weighted by molar-refractivity contribution is -0.143. The van der Waals surface area contributed by atoms with Crippen LogP contribution in [0.4, 0.5) is 5.95 Å². The van der Waals surface area contributed by atoms with Crippen LogP contribution in [0.1, 0.15) is 37.0 Å². The molecule has 0 bridgehead atoms. The summed E-state index contributed by atoms with van der Waals surface area (Å²) in [5.41, 5.74) is 5.19. The number of carbonyl (C=O) groups is 2. The van der Waals surface area contributed by atoms with Crippen molar-refractivity contribution in [1.29, 1.82) is 0 Å². The molecule has 4 rings (SSSR count). The van der Waals surface area contributed by atoms with E-state index in [1.54, 1.807) is 48.7 Å². The zero-order valence-corrected chi connectivity index (χ0v) is 21.0. The van der Waals surface area contributed by atoms with E-state index in [-0.39, 0.29) is 30.4 Å². The fourth-order valence-electron chi connectivity index (χ4n) is 4.50. The zero-order chi connectivity index (χ0) is 26.5. The second kappa shape index (κ2) is 11.3. The van der Waals surface area contributed by atoms with Crippen molar-refractivity contribution in [1.82, 2.24) is 18.7 Å². The highest BCUT2D eigenvalue weighted by molar-refractivity contribution is 5.96. The molecule has 0 spiro atoms. The number of nitrogens with zero attached hydrogens (tertiary/aromatic N) is 5. The van der Waals surface area contributed by atoms with Crippen molar-refractivity contribution in [2.45, 2.75) is 52.4 Å². The summed E-state index contributed by atoms with van der Waals surface area (Å²) in [4.78, 5) is 59.3. The molecule has 1 saturated heterocycles. The van der Waals surface area contributed by atoms with Gasteiger partial charge in [-0.2, -0.15) is 4.98 Å². The lowest BCUT2D eigenvalue weighted by Crippen LogP contribution is -2.44. The molecule has 1 aliphatic heterocycles. The van der Waals surface area contributed by atoms with Crippen LogP contribution in [0.2, 0.25) is 0 Å². The van der Waals surface area contributed by atoms with E-state index in [0.717, 1.165) is 22.0 Å². The normalized spacial score (nSPS) is 15.3. The lowest BCUT2D eigenvalue weighted by Gasteiger charge is -2.31. The molecule has 1 unspecified atom stereocenters. The standard InChI is InChI=1S/C26H30N6O5/c1-3-5-14-30-22-23(28-25(30)29-13-9-12-19(27)15-29)31(17-21(34)37-4-2)26(36)32(24(22)35)16-20(33)18-10-7-6-8-11-18/h6-8,10-11,19H,4,9,12-17,27H2,1-2H3. The third kappa shape index (κ3) is 5.34. The van der Waals surface area contributed by atoms with Gasteiger partial charge in [0.25, 0.3) is 5.56 Å². The van der Waals surface area contributed by atoms with Crippen LogP contribution in [0.15, 0.2) is 39.9 Å². The van der Waals surface area contributed by atoms with Gasteiger partial charge in [-0.15, -0.1) is 5.92 Å². The maximum Gasteiger partial charge on any atom is 0.333 e. The summed E-state index contributed by atoms with van der Waals surface area (Å²) in [6.07, 6.45) is 1.71. The molecule has 0 saturated carbocycles. The van der Waals surface area contributed by atoms with Gasteiger partial charge in [0, 0.05) is 24.7 Å². The number of ketones is 1. The highest BCUT2D eigenvalue weighted by Gasteiger charge is 2.28. The van der Waals surface area contributed by atoms with E-state index in [1.807, 2.05) is 4.90 Å². The first-order valence-corrected chi connectivity index (χ1v) is 12.2. The van der Waals surface area contributed by atoms with E-state index >= 15 is 0 Å². The van der Waals surface area contributed by atoms with Crippen molar-refractivity contribution in [2.24, 2.45) is 5.73 Å². The molecule has 37 heavy (non-hydrogen) atoms. The summed E-state index contributed by atoms with van der Waals surface area (Å²) in [6.45, 7) is 3.83. The minimum absolute atomic E-state index is 0.0403. The quantitative estimate of drug-likeness (QED) is 0.269. The molecular formula is C26H30N6O5. The van der Waals surface area contributed by atoms with Crippen molar-refractivity contribution in [3.8, 4) is 11.8 Å². The number of imidazole rings is 1. The Morgan fingerprint density at radius 3 is 2.57 bits per heavy atom. The predicted octanol–water partition coefficient (Wildman–Crippen LogP) is 0.757. The van der Waals surface area contributed by atoms with Crippen molar-refractivity contribution in [3.05, 3.63) is 56.7 Å². The molecule has 3 aromatic rings. The number of aromatic nitrogens is 4. The van der Waals surface area contributed by atoms with Crippen molar-refractivity contribution in [2.75, 3.05) is 24.6 Å². The van der Waals surface area contributed by atoms with Gasteiger partial charge in [-0.25, -0.2) is 4.79 Å². The lowest BCUT2D eigenvalue weighted by atomic mass is 10.1. The number of esters is 1. The molecule has 3 heterocycles. The fraction of sp³-hybridized carbons (Fsp3) is 0.423. The van der Waals surface area contributed by atoms with Gasteiger partial charge in [-0.05, 0) is 26.7 Å². The van der Waals surface area contributed by atoms with Gasteiger partial charge in [-0.1, -0.05) is 36.3 Å². The molecule has 0 radical (unpaired) electrons. The summed E-state index contributed by atoms with van der Waals surface area (Å²) in [5, 5.41) is 0. The first kappa shape index (κ1) is 25.9. The molecule has 1 fully saturated rings. The summed E-state index contributed by atoms with van der Waals surface area (Å²) in [5.74, 6) is 5.16. The number of Topliss-reactive ketones (excluding diaryl/α,β-unsaturated/α-hetero) is 1. The third-order valence-electron chi connectivity index (χ3n) is 6.24. The van der Waals surface area contributed by atoms with Gasteiger partial charge in [-0.3, -0.25) is 28.1 Å². The molecule has 1 atom stereocenters. The first-order valence-electron chi connectivity index (χ1n) is 12.2. The second-order valence-corrected chi connectivity index (χ2v) is 8.80. The van der Waals surface area contributed by atoms with E-state index in [9.17, 15) is 19.2 Å². The number of carbonyl (C=O) groups excluding carboxylic acids is 2. The number of nitrogens with two attached hydrogens (primary N) is 1. The molecule has 2 N–H and O–H groups in total. The van der Waals surface area contributed by atoms with Gasteiger partial charge < -0.3 is 15.4 Å². The smallest absolute Gasteiger partial charge is 0.333 e. The largest absolute Gasteiger partial charge is 0.465 e. The third-order valence-corrected chi connectivity index (χ3v) is 6.24. The van der Waals surface area contributed by atoms with Gasteiger partial charge in [0.15, 0.2) is 16.9 Å². The van der Waals surface area contributed by atoms with Gasteiger partial charge in [0.1, 0.15) is 6.54 Å². The first-order chi connectivity index (χ1) is 17.8. The minimum atomic E-state index is -0.817. The van der Waals surface area contributed by atoms with Crippen LogP contribution >= 0.6 is 0 Å². The fourth-order valence-corrected chi connectivity index (χ4v) is 4.50. The van der Waals surface area contributed by atoms with Crippen LogP contribution in [0.5, 0.6) is 0 Å². The average Bonchev–Trinajstić information content (AvgIpc) is 3.28. The number of benzene rings is 1. The summed E-state index contributed by atoms with van der Waals surface area (Å²) in [6, 6.07) is 8.33. The van der Waals surface area contributed by atoms with Crippen molar-refractivity contribution >= 4 is 28.9 Å². The molecule has 0 aliphatic carbocycles. The number of hydrogen-bond donors (Lipinski definition) is 1. The van der Waals surface area contributed by atoms with E-state index in [4.69, 9.17) is 10.5 Å². The number of hydrogen-bond acceptors (Lipinski definition) is 8. The number of ether oxygens (including phenoxy) is 1. The van der Waals surface area contributed by atoms with Gasteiger partial charge in [0.2, 0.25) is 5.95 Å². The highest BCUT2D eigenvalue weighted by atomic mass is 16.5. The van der Waals surface area contributed by atoms with Crippen LogP contribution in [0.25, 0.3) is 11.2 Å². The number of anilines is 1. The predicted molar refractivity (Wildman–Crippen MR) is 139 cm³/mol. The minimum Gasteiger partial charge on any atom is -0.465 e. The molecular weight excluding hydrogens is 476 g/mol. The monoisotopic (exact) mass is 506 g/mol. The Balaban J connectivity index is 1.95. The topological polar surface area (TPSA) is 134 Å². The molecule has 11 nitrogen and oxygen atoms in total. The molecule has 1 aromatic carbocycles. The number of fused-ring (bicyclic) bond motifs is 1. The SMILES string of the molecule is CC#CCn1c(N2CCCC(N)C2)nc2c1c(=O)n(CC(=O)c1ccccc1)c(=O)n2CC(=O)OCC. The molecule has 194 valence electrons. The molecule has 2 aromatic heterocycles. The van der Waals surface area contributed by atoms with E-state index in [2.05, 4.69) is 16.8 Å². The number of piperidine rings is 1. The zero-order valence-electron chi connectivity index (χ0n) is 21.0. The Bertz CT molecular complexity index is 1490. The summed E-state index contributed by atoms with van der Waals surface area (Å²) in [7, 11) is 0. The van der Waals surface area contributed by atoms with Crippen molar-refractivity contribution < 1.29 is 14.3 Å². The summed E-state index contributed by atoms with van der Waals surface area (Å²) >= 11 is 0. The van der Waals surface area contributed by atoms with E-state index in [1.165, 1.54) is 0 Å². The number of rotatable bonds is 8. The van der Waals surface area contributed by atoms with Crippen LogP contribution in [0, 0.1) is 11.8 Å². The molecule has 0 amide bonds.